The summed E-state index contributed by atoms with van der Waals surface area (Å²) in [5.74, 6) is -5.07. The van der Waals surface area contributed by atoms with Crippen molar-refractivity contribution >= 4 is 5.84 Å². The van der Waals surface area contributed by atoms with Crippen molar-refractivity contribution < 1.29 is 22.0 Å². The molecule has 0 radical (unpaired) electrons. The molecule has 94 valence electrons. The standard InChI is InChI=1S/C10H9F5N2/c11-9(12,10(13,14)15)7-3-1-6(2-4-7)5-8(16)17/h1-4H,5H2,(H3,16,17). The van der Waals surface area contributed by atoms with Gasteiger partial charge in [0.2, 0.25) is 0 Å². The van der Waals surface area contributed by atoms with E-state index in [1.807, 2.05) is 0 Å². The molecule has 17 heavy (non-hydrogen) atoms. The zero-order chi connectivity index (χ0) is 13.3. The first kappa shape index (κ1) is 13.4. The van der Waals surface area contributed by atoms with Gasteiger partial charge in [0.1, 0.15) is 0 Å². The quantitative estimate of drug-likeness (QED) is 0.485. The monoisotopic (exact) mass is 252 g/mol. The smallest absolute Gasteiger partial charge is 0.387 e. The van der Waals surface area contributed by atoms with Gasteiger partial charge in [-0.25, -0.2) is 0 Å². The third-order valence-corrected chi connectivity index (χ3v) is 2.07. The molecule has 0 bridgehead atoms. The first-order chi connectivity index (χ1) is 7.64. The normalized spacial score (nSPS) is 12.5. The Kier molecular flexibility index (Phi) is 3.40. The van der Waals surface area contributed by atoms with Crippen LogP contribution in [0, 0.1) is 5.41 Å². The fourth-order valence-corrected chi connectivity index (χ4v) is 1.22. The van der Waals surface area contributed by atoms with Crippen LogP contribution in [0.5, 0.6) is 0 Å². The van der Waals surface area contributed by atoms with E-state index in [1.165, 1.54) is 0 Å². The Bertz CT molecular complexity index is 408. The van der Waals surface area contributed by atoms with Crippen molar-refractivity contribution in [3.63, 3.8) is 0 Å². The predicted octanol–water partition coefficient (Wildman–Crippen LogP) is 2.82. The van der Waals surface area contributed by atoms with Crippen LogP contribution in [-0.4, -0.2) is 12.0 Å². The number of hydrogen-bond acceptors (Lipinski definition) is 1. The van der Waals surface area contributed by atoms with Gasteiger partial charge in [-0.15, -0.1) is 0 Å². The maximum atomic E-state index is 12.9. The van der Waals surface area contributed by atoms with Gasteiger partial charge in [-0.3, -0.25) is 5.41 Å². The third kappa shape index (κ3) is 2.92. The fourth-order valence-electron chi connectivity index (χ4n) is 1.22. The lowest BCUT2D eigenvalue weighted by Crippen LogP contribution is -2.33. The molecular weight excluding hydrogens is 243 g/mol. The predicted molar refractivity (Wildman–Crippen MR) is 52.0 cm³/mol. The molecule has 0 aliphatic carbocycles. The molecule has 0 atom stereocenters. The Morgan fingerprint density at radius 3 is 1.88 bits per heavy atom. The molecule has 0 fully saturated rings. The molecule has 1 aromatic rings. The lowest BCUT2D eigenvalue weighted by molar-refractivity contribution is -0.289. The first-order valence-corrected chi connectivity index (χ1v) is 4.51. The number of nitrogens with one attached hydrogen (secondary N) is 1. The summed E-state index contributed by atoms with van der Waals surface area (Å²) in [6.07, 6.45) is -5.60. The molecule has 0 heterocycles. The van der Waals surface area contributed by atoms with Crippen molar-refractivity contribution in [2.24, 2.45) is 5.73 Å². The molecule has 0 saturated carbocycles. The topological polar surface area (TPSA) is 49.9 Å². The van der Waals surface area contributed by atoms with E-state index < -0.39 is 17.7 Å². The van der Waals surface area contributed by atoms with Gasteiger partial charge in [0.05, 0.1) is 5.84 Å². The number of hydrogen-bond donors (Lipinski definition) is 2. The summed E-state index contributed by atoms with van der Waals surface area (Å²) in [5, 5.41) is 6.96. The zero-order valence-electron chi connectivity index (χ0n) is 8.48. The zero-order valence-corrected chi connectivity index (χ0v) is 8.48. The average molecular weight is 252 g/mol. The summed E-state index contributed by atoms with van der Waals surface area (Å²) in [7, 11) is 0. The van der Waals surface area contributed by atoms with Crippen molar-refractivity contribution in [1.29, 1.82) is 5.41 Å². The molecule has 1 aromatic carbocycles. The molecule has 3 N–H and O–H groups in total. The van der Waals surface area contributed by atoms with E-state index in [1.54, 1.807) is 0 Å². The van der Waals surface area contributed by atoms with E-state index in [0.717, 1.165) is 12.1 Å². The molecular formula is C10H9F5N2. The van der Waals surface area contributed by atoms with Gasteiger partial charge >= 0.3 is 12.1 Å². The summed E-state index contributed by atoms with van der Waals surface area (Å²) in [6.45, 7) is 0. The van der Waals surface area contributed by atoms with Gasteiger partial charge in [-0.05, 0) is 5.56 Å². The second-order valence-electron chi connectivity index (χ2n) is 3.47. The lowest BCUT2D eigenvalue weighted by atomic mass is 10.0. The number of benzene rings is 1. The van der Waals surface area contributed by atoms with E-state index in [4.69, 9.17) is 11.1 Å². The van der Waals surface area contributed by atoms with Crippen LogP contribution in [0.4, 0.5) is 22.0 Å². The molecule has 0 aliphatic heterocycles. The van der Waals surface area contributed by atoms with E-state index in [2.05, 4.69) is 0 Å². The molecule has 7 heteroatoms. The summed E-state index contributed by atoms with van der Waals surface area (Å²) in [4.78, 5) is 0. The van der Waals surface area contributed by atoms with Gasteiger partial charge in [0.25, 0.3) is 0 Å². The van der Waals surface area contributed by atoms with Crippen LogP contribution < -0.4 is 5.73 Å². The highest BCUT2D eigenvalue weighted by molar-refractivity contribution is 5.79. The van der Waals surface area contributed by atoms with Crippen LogP contribution in [-0.2, 0) is 12.3 Å². The van der Waals surface area contributed by atoms with Crippen molar-refractivity contribution in [1.82, 2.24) is 0 Å². The van der Waals surface area contributed by atoms with E-state index >= 15 is 0 Å². The minimum atomic E-state index is -5.62. The second-order valence-corrected chi connectivity index (χ2v) is 3.47. The Balaban J connectivity index is 2.99. The minimum Gasteiger partial charge on any atom is -0.387 e. The summed E-state index contributed by atoms with van der Waals surface area (Å²) >= 11 is 0. The second kappa shape index (κ2) is 4.31. The van der Waals surface area contributed by atoms with Crippen molar-refractivity contribution in [3.05, 3.63) is 35.4 Å². The van der Waals surface area contributed by atoms with Gasteiger partial charge in [-0.1, -0.05) is 24.3 Å². The van der Waals surface area contributed by atoms with Crippen molar-refractivity contribution in [2.75, 3.05) is 0 Å². The molecule has 1 rings (SSSR count). The van der Waals surface area contributed by atoms with Crippen LogP contribution in [0.2, 0.25) is 0 Å². The largest absolute Gasteiger partial charge is 0.458 e. The van der Waals surface area contributed by atoms with Gasteiger partial charge in [-0.2, -0.15) is 22.0 Å². The van der Waals surface area contributed by atoms with E-state index in [9.17, 15) is 22.0 Å². The SMILES string of the molecule is N=C(N)Cc1ccc(C(F)(F)C(F)(F)F)cc1. The van der Waals surface area contributed by atoms with Crippen molar-refractivity contribution in [2.45, 2.75) is 18.5 Å². The van der Waals surface area contributed by atoms with Gasteiger partial charge in [0, 0.05) is 12.0 Å². The summed E-state index contributed by atoms with van der Waals surface area (Å²) in [6, 6.07) is 3.56. The van der Waals surface area contributed by atoms with Gasteiger partial charge < -0.3 is 5.73 Å². The first-order valence-electron chi connectivity index (χ1n) is 4.51. The highest BCUT2D eigenvalue weighted by atomic mass is 19.4. The summed E-state index contributed by atoms with van der Waals surface area (Å²) in [5.41, 5.74) is 4.35. The molecule has 0 aromatic heterocycles. The van der Waals surface area contributed by atoms with Crippen molar-refractivity contribution in [3.8, 4) is 0 Å². The van der Waals surface area contributed by atoms with Crippen LogP contribution in [0.1, 0.15) is 11.1 Å². The van der Waals surface area contributed by atoms with Crippen LogP contribution in [0.3, 0.4) is 0 Å². The Morgan fingerprint density at radius 2 is 1.53 bits per heavy atom. The minimum absolute atomic E-state index is 0.0118. The number of alkyl halides is 5. The number of rotatable bonds is 3. The average Bonchev–Trinajstić information content (AvgIpc) is 2.15. The Morgan fingerprint density at radius 1 is 1.06 bits per heavy atom. The number of amidine groups is 1. The third-order valence-electron chi connectivity index (χ3n) is 2.07. The van der Waals surface area contributed by atoms with Crippen LogP contribution >= 0.6 is 0 Å². The Hall–Kier alpha value is -1.66. The highest BCUT2D eigenvalue weighted by Crippen LogP contribution is 2.43. The van der Waals surface area contributed by atoms with Crippen LogP contribution in [0.25, 0.3) is 0 Å². The highest BCUT2D eigenvalue weighted by Gasteiger charge is 2.58. The molecule has 0 unspecified atom stereocenters. The number of halogens is 5. The van der Waals surface area contributed by atoms with Crippen LogP contribution in [0.15, 0.2) is 24.3 Å². The Labute approximate surface area is 93.7 Å². The molecule has 0 aliphatic rings. The molecule has 0 amide bonds. The number of nitrogens with two attached hydrogens (primary N) is 1. The summed E-state index contributed by atoms with van der Waals surface area (Å²) < 4.78 is 61.8. The lowest BCUT2D eigenvalue weighted by Gasteiger charge is -2.19. The molecule has 0 spiro atoms. The maximum Gasteiger partial charge on any atom is 0.458 e. The molecule has 2 nitrogen and oxygen atoms in total. The fraction of sp³-hybridized carbons (Fsp3) is 0.300. The molecule has 0 saturated heterocycles. The van der Waals surface area contributed by atoms with E-state index in [-0.39, 0.29) is 12.3 Å². The maximum absolute atomic E-state index is 12.9. The van der Waals surface area contributed by atoms with E-state index in [0.29, 0.717) is 17.7 Å². The van der Waals surface area contributed by atoms with Gasteiger partial charge in [0.15, 0.2) is 0 Å².